The van der Waals surface area contributed by atoms with Gasteiger partial charge in [-0.1, -0.05) is 39.2 Å². The predicted octanol–water partition coefficient (Wildman–Crippen LogP) is 0.880. The lowest BCUT2D eigenvalue weighted by atomic mass is 10.4. The molecule has 0 atom stereocenters. The second kappa shape index (κ2) is 6.28. The van der Waals surface area contributed by atoms with Crippen LogP contribution in [0.25, 0.3) is 12.7 Å². The SMILES string of the molecule is C=C/C=c1/cncnc1=C.CC. The van der Waals surface area contributed by atoms with Crippen LogP contribution in [0.1, 0.15) is 13.8 Å². The summed E-state index contributed by atoms with van der Waals surface area (Å²) in [5, 5.41) is 1.65. The summed E-state index contributed by atoms with van der Waals surface area (Å²) in [5.41, 5.74) is 0. The number of hydrogen-bond donors (Lipinski definition) is 0. The zero-order valence-electron chi connectivity index (χ0n) is 7.62. The van der Waals surface area contributed by atoms with E-state index in [4.69, 9.17) is 0 Å². The molecule has 0 aliphatic rings. The van der Waals surface area contributed by atoms with Crippen molar-refractivity contribution < 1.29 is 0 Å². The molecule has 0 N–H and O–H groups in total. The zero-order chi connectivity index (χ0) is 9.40. The highest BCUT2D eigenvalue weighted by atomic mass is 14.8. The van der Waals surface area contributed by atoms with Crippen LogP contribution in [0.15, 0.2) is 25.2 Å². The van der Waals surface area contributed by atoms with Gasteiger partial charge in [0.05, 0.1) is 5.35 Å². The van der Waals surface area contributed by atoms with E-state index in [-0.39, 0.29) is 0 Å². The fourth-order valence-corrected chi connectivity index (χ4v) is 0.632. The molecule has 0 fully saturated rings. The number of allylic oxidation sites excluding steroid dienone is 1. The van der Waals surface area contributed by atoms with Gasteiger partial charge in [-0.3, -0.25) is 0 Å². The van der Waals surface area contributed by atoms with Crippen LogP contribution in [0.3, 0.4) is 0 Å². The molecular formula is C10H14N2. The highest BCUT2D eigenvalue weighted by Gasteiger charge is 1.77. The van der Waals surface area contributed by atoms with Crippen molar-refractivity contribution in [3.63, 3.8) is 0 Å². The van der Waals surface area contributed by atoms with E-state index >= 15 is 0 Å². The Morgan fingerprint density at radius 2 is 2.08 bits per heavy atom. The predicted molar refractivity (Wildman–Crippen MR) is 52.8 cm³/mol. The van der Waals surface area contributed by atoms with Gasteiger partial charge in [-0.2, -0.15) is 0 Å². The maximum Gasteiger partial charge on any atom is 0.116 e. The largest absolute Gasteiger partial charge is 0.244 e. The lowest BCUT2D eigenvalue weighted by molar-refractivity contribution is 1.10. The average Bonchev–Trinajstić information content (AvgIpc) is 2.13. The lowest BCUT2D eigenvalue weighted by Gasteiger charge is -1.82. The van der Waals surface area contributed by atoms with Crippen LogP contribution in [0.5, 0.6) is 0 Å². The fourth-order valence-electron chi connectivity index (χ4n) is 0.632. The van der Waals surface area contributed by atoms with Gasteiger partial charge in [0.25, 0.3) is 0 Å². The van der Waals surface area contributed by atoms with E-state index in [1.165, 1.54) is 6.33 Å². The Balaban J connectivity index is 0.000000561. The van der Waals surface area contributed by atoms with Crippen LogP contribution in [-0.2, 0) is 0 Å². The standard InChI is InChI=1S/C8H8N2.C2H6/c1-3-4-8-5-9-6-10-7(8)2;1-2/h3-6H,1-2H2;1-2H3/b8-4-;. The smallest absolute Gasteiger partial charge is 0.116 e. The van der Waals surface area contributed by atoms with E-state index in [0.29, 0.717) is 0 Å². The molecule has 2 nitrogen and oxygen atoms in total. The Hall–Kier alpha value is -1.44. The third-order valence-corrected chi connectivity index (χ3v) is 1.12. The monoisotopic (exact) mass is 162 g/mol. The lowest BCUT2D eigenvalue weighted by Crippen LogP contribution is -2.26. The fraction of sp³-hybridized carbons (Fsp3) is 0.200. The number of hydrogen-bond acceptors (Lipinski definition) is 2. The normalized spacial score (nSPS) is 10.0. The second-order valence-electron chi connectivity index (χ2n) is 1.83. The molecule has 0 aliphatic heterocycles. The van der Waals surface area contributed by atoms with Crippen LogP contribution in [0, 0.1) is 0 Å². The Kier molecular flexibility index (Phi) is 5.53. The van der Waals surface area contributed by atoms with Gasteiger partial charge < -0.3 is 0 Å². The van der Waals surface area contributed by atoms with E-state index in [1.807, 2.05) is 19.9 Å². The molecule has 0 bridgehead atoms. The maximum absolute atomic E-state index is 3.90. The highest BCUT2D eigenvalue weighted by molar-refractivity contribution is 5.33. The minimum absolute atomic E-state index is 0.731. The first-order chi connectivity index (χ1) is 5.84. The third-order valence-electron chi connectivity index (χ3n) is 1.12. The van der Waals surface area contributed by atoms with E-state index in [1.54, 1.807) is 12.3 Å². The first-order valence-corrected chi connectivity index (χ1v) is 3.92. The van der Waals surface area contributed by atoms with Crippen molar-refractivity contribution in [3.05, 3.63) is 35.7 Å². The van der Waals surface area contributed by atoms with Crippen molar-refractivity contribution >= 4 is 12.7 Å². The minimum atomic E-state index is 0.731. The van der Waals surface area contributed by atoms with Crippen molar-refractivity contribution in [2.24, 2.45) is 0 Å². The van der Waals surface area contributed by atoms with Crippen LogP contribution in [0.2, 0.25) is 0 Å². The Bertz CT molecular complexity index is 328. The van der Waals surface area contributed by atoms with Crippen LogP contribution in [-0.4, -0.2) is 9.97 Å². The quantitative estimate of drug-likeness (QED) is 0.612. The molecule has 64 valence electrons. The molecule has 1 rings (SSSR count). The Morgan fingerprint density at radius 1 is 1.42 bits per heavy atom. The summed E-state index contributed by atoms with van der Waals surface area (Å²) in [4.78, 5) is 7.73. The minimum Gasteiger partial charge on any atom is -0.244 e. The summed E-state index contributed by atoms with van der Waals surface area (Å²) in [6.07, 6.45) is 6.69. The van der Waals surface area contributed by atoms with E-state index in [9.17, 15) is 0 Å². The molecule has 0 unspecified atom stereocenters. The van der Waals surface area contributed by atoms with Crippen LogP contribution in [0.4, 0.5) is 0 Å². The average molecular weight is 162 g/mol. The number of rotatable bonds is 1. The summed E-state index contributed by atoms with van der Waals surface area (Å²) in [5.74, 6) is 0. The molecule has 0 amide bonds. The van der Waals surface area contributed by atoms with Crippen LogP contribution >= 0.6 is 0 Å². The molecule has 1 aromatic rings. The molecule has 12 heavy (non-hydrogen) atoms. The molecule has 0 radical (unpaired) electrons. The van der Waals surface area contributed by atoms with Crippen molar-refractivity contribution in [2.75, 3.05) is 0 Å². The van der Waals surface area contributed by atoms with Crippen molar-refractivity contribution in [1.82, 2.24) is 9.97 Å². The van der Waals surface area contributed by atoms with Gasteiger partial charge >= 0.3 is 0 Å². The van der Waals surface area contributed by atoms with E-state index < -0.39 is 0 Å². The number of nitrogens with zero attached hydrogens (tertiary/aromatic N) is 2. The Labute approximate surface area is 73.0 Å². The second-order valence-corrected chi connectivity index (χ2v) is 1.83. The summed E-state index contributed by atoms with van der Waals surface area (Å²) in [6.45, 7) is 11.3. The molecule has 0 spiro atoms. The Morgan fingerprint density at radius 3 is 2.58 bits per heavy atom. The van der Waals surface area contributed by atoms with Crippen LogP contribution < -0.4 is 10.6 Å². The summed E-state index contributed by atoms with van der Waals surface area (Å²) in [6, 6.07) is 0. The molecule has 1 aromatic heterocycles. The van der Waals surface area contributed by atoms with Gasteiger partial charge in [0.15, 0.2) is 0 Å². The maximum atomic E-state index is 3.90. The third kappa shape index (κ3) is 3.10. The molecular weight excluding hydrogens is 148 g/mol. The summed E-state index contributed by atoms with van der Waals surface area (Å²) < 4.78 is 0. The summed E-state index contributed by atoms with van der Waals surface area (Å²) >= 11 is 0. The molecule has 1 heterocycles. The van der Waals surface area contributed by atoms with Gasteiger partial charge in [0, 0.05) is 11.4 Å². The van der Waals surface area contributed by atoms with Gasteiger partial charge in [-0.15, -0.1) is 0 Å². The van der Waals surface area contributed by atoms with Gasteiger partial charge in [0.2, 0.25) is 0 Å². The first-order valence-electron chi connectivity index (χ1n) is 3.92. The van der Waals surface area contributed by atoms with Crippen molar-refractivity contribution in [3.8, 4) is 0 Å². The molecule has 0 aromatic carbocycles. The summed E-state index contributed by atoms with van der Waals surface area (Å²) in [7, 11) is 0. The van der Waals surface area contributed by atoms with Gasteiger partial charge in [-0.25, -0.2) is 9.97 Å². The molecule has 0 aliphatic carbocycles. The molecule has 0 saturated heterocycles. The van der Waals surface area contributed by atoms with Gasteiger partial charge in [0.1, 0.15) is 6.33 Å². The van der Waals surface area contributed by atoms with E-state index in [0.717, 1.165) is 10.6 Å². The van der Waals surface area contributed by atoms with Crippen molar-refractivity contribution in [2.45, 2.75) is 13.8 Å². The highest BCUT2D eigenvalue weighted by Crippen LogP contribution is 1.61. The first kappa shape index (κ1) is 10.6. The topological polar surface area (TPSA) is 25.8 Å². The molecule has 0 saturated carbocycles. The zero-order valence-corrected chi connectivity index (χ0v) is 7.62. The van der Waals surface area contributed by atoms with Gasteiger partial charge in [-0.05, 0) is 0 Å². The van der Waals surface area contributed by atoms with Crippen molar-refractivity contribution in [1.29, 1.82) is 0 Å². The van der Waals surface area contributed by atoms with E-state index in [2.05, 4.69) is 23.1 Å². The number of aromatic nitrogens is 2. The molecule has 2 heteroatoms.